The zero-order valence-corrected chi connectivity index (χ0v) is 29.4. The molecule has 0 aliphatic carbocycles. The second-order valence-corrected chi connectivity index (χ2v) is 14.9. The van der Waals surface area contributed by atoms with Crippen molar-refractivity contribution in [3.05, 3.63) is 71.8 Å². The highest BCUT2D eigenvalue weighted by molar-refractivity contribution is 8.00. The fourth-order valence-corrected chi connectivity index (χ4v) is 6.55. The Morgan fingerprint density at radius 2 is 1.49 bits per heavy atom. The summed E-state index contributed by atoms with van der Waals surface area (Å²) in [6.45, 7) is 10.1. The van der Waals surface area contributed by atoms with E-state index >= 15 is 0 Å². The zero-order valence-electron chi connectivity index (χ0n) is 28.5. The van der Waals surface area contributed by atoms with Crippen molar-refractivity contribution in [3.63, 3.8) is 0 Å². The molecular weight excluding hydrogens is 654 g/mol. The topological polar surface area (TPSA) is 170 Å². The fourth-order valence-electron chi connectivity index (χ4n) is 5.23. The molecule has 2 saturated heterocycles. The van der Waals surface area contributed by atoms with E-state index in [2.05, 4.69) is 10.6 Å². The largest absolute Gasteiger partial charge is 0.510 e. The summed E-state index contributed by atoms with van der Waals surface area (Å²) in [5, 5.41) is 15.2. The van der Waals surface area contributed by atoms with Crippen LogP contribution >= 0.6 is 11.8 Å². The van der Waals surface area contributed by atoms with Gasteiger partial charge in [0.15, 0.2) is 6.10 Å². The first kappa shape index (κ1) is 37.5. The number of amides is 3. The number of nitrogens with one attached hydrogen (secondary N) is 2. The Balaban J connectivity index is 1.37. The summed E-state index contributed by atoms with van der Waals surface area (Å²) >= 11 is 1.25. The van der Waals surface area contributed by atoms with E-state index in [0.29, 0.717) is 0 Å². The minimum absolute atomic E-state index is 0.0444. The van der Waals surface area contributed by atoms with Gasteiger partial charge in [0.1, 0.15) is 34.8 Å². The molecule has 266 valence electrons. The monoisotopic (exact) mass is 699 g/mol. The first-order valence-electron chi connectivity index (χ1n) is 16.1. The highest BCUT2D eigenvalue weighted by Crippen LogP contribution is 2.39. The van der Waals surface area contributed by atoms with Gasteiger partial charge in [-0.15, -0.1) is 11.8 Å². The van der Waals surface area contributed by atoms with Crippen molar-refractivity contribution in [2.24, 2.45) is 0 Å². The van der Waals surface area contributed by atoms with Crippen LogP contribution in [0.1, 0.15) is 78.0 Å². The van der Waals surface area contributed by atoms with E-state index in [1.54, 1.807) is 41.5 Å². The summed E-state index contributed by atoms with van der Waals surface area (Å²) in [5.41, 5.74) is -0.168. The number of thioether (sulfide) groups is 1. The van der Waals surface area contributed by atoms with Crippen LogP contribution in [0.2, 0.25) is 0 Å². The molecule has 0 aromatic heterocycles. The number of β-lactam (4-membered cyclic amide) rings is 1. The molecule has 0 bridgehead atoms. The Bertz CT molecular complexity index is 1440. The SMILES string of the molecule is CC(C)(C)OC(=O)NC(CCCC(=O)N[C@@H]1C(=O)N2C(OC(=O)OC(C)(C)C)C(O)CS[C@@H]12)C(=O)OC(c1ccccc1)c1ccccc1. The van der Waals surface area contributed by atoms with Gasteiger partial charge in [0.25, 0.3) is 5.91 Å². The Labute approximate surface area is 290 Å². The van der Waals surface area contributed by atoms with E-state index in [1.165, 1.54) is 16.7 Å². The molecule has 3 amide bonds. The van der Waals surface area contributed by atoms with Crippen LogP contribution in [0.4, 0.5) is 9.59 Å². The highest BCUT2D eigenvalue weighted by atomic mass is 32.2. The highest BCUT2D eigenvalue weighted by Gasteiger charge is 2.57. The third-order valence-electron chi connectivity index (χ3n) is 7.35. The van der Waals surface area contributed by atoms with Crippen molar-refractivity contribution >= 4 is 41.8 Å². The average molecular weight is 700 g/mol. The molecule has 2 heterocycles. The van der Waals surface area contributed by atoms with Crippen molar-refractivity contribution in [1.82, 2.24) is 15.5 Å². The Kier molecular flexibility index (Phi) is 12.2. The van der Waals surface area contributed by atoms with Crippen LogP contribution in [-0.4, -0.2) is 86.8 Å². The maximum atomic E-state index is 13.6. The van der Waals surface area contributed by atoms with Crippen molar-refractivity contribution in [2.45, 2.75) is 108 Å². The van der Waals surface area contributed by atoms with Crippen molar-refractivity contribution in [1.29, 1.82) is 0 Å². The third kappa shape index (κ3) is 10.6. The minimum atomic E-state index is -1.25. The van der Waals surface area contributed by atoms with Crippen molar-refractivity contribution in [2.75, 3.05) is 5.75 Å². The molecule has 5 atom stereocenters. The lowest BCUT2D eigenvalue weighted by molar-refractivity contribution is -0.180. The van der Waals surface area contributed by atoms with Crippen LogP contribution < -0.4 is 10.6 Å². The number of carbonyl (C=O) groups is 5. The zero-order chi connectivity index (χ0) is 35.9. The number of hydrogen-bond donors (Lipinski definition) is 3. The van der Waals surface area contributed by atoms with Gasteiger partial charge in [-0.3, -0.25) is 14.5 Å². The smallest absolute Gasteiger partial charge is 0.451 e. The van der Waals surface area contributed by atoms with Crippen LogP contribution in [0, 0.1) is 0 Å². The molecule has 2 fully saturated rings. The molecule has 14 heteroatoms. The molecule has 0 spiro atoms. The Morgan fingerprint density at radius 1 is 0.918 bits per heavy atom. The molecule has 2 aliphatic rings. The summed E-state index contributed by atoms with van der Waals surface area (Å²) < 4.78 is 21.8. The fraction of sp³-hybridized carbons (Fsp3) is 0.514. The van der Waals surface area contributed by atoms with Crippen LogP contribution in [0.15, 0.2) is 60.7 Å². The molecule has 0 saturated carbocycles. The first-order chi connectivity index (χ1) is 23.0. The van der Waals surface area contributed by atoms with Gasteiger partial charge in [-0.2, -0.15) is 0 Å². The van der Waals surface area contributed by atoms with Crippen LogP contribution in [0.25, 0.3) is 0 Å². The second-order valence-electron chi connectivity index (χ2n) is 13.8. The number of fused-ring (bicyclic) bond motifs is 1. The number of ether oxygens (including phenoxy) is 4. The first-order valence-corrected chi connectivity index (χ1v) is 17.2. The lowest BCUT2D eigenvalue weighted by Gasteiger charge is -2.53. The van der Waals surface area contributed by atoms with Crippen molar-refractivity contribution < 1.29 is 48.0 Å². The van der Waals surface area contributed by atoms with Gasteiger partial charge in [0.05, 0.1) is 0 Å². The van der Waals surface area contributed by atoms with Gasteiger partial charge in [-0.25, -0.2) is 14.4 Å². The quantitative estimate of drug-likeness (QED) is 0.172. The van der Waals surface area contributed by atoms with Gasteiger partial charge in [0, 0.05) is 12.2 Å². The minimum Gasteiger partial charge on any atom is -0.451 e. The molecule has 2 aromatic carbocycles. The van der Waals surface area contributed by atoms with E-state index in [-0.39, 0.29) is 25.0 Å². The number of carbonyl (C=O) groups excluding carboxylic acids is 5. The second kappa shape index (κ2) is 15.9. The van der Waals surface area contributed by atoms with Gasteiger partial charge < -0.3 is 34.7 Å². The van der Waals surface area contributed by atoms with Gasteiger partial charge in [-0.05, 0) is 65.5 Å². The molecule has 3 unspecified atom stereocenters. The summed E-state index contributed by atoms with van der Waals surface area (Å²) in [7, 11) is 0. The molecule has 13 nitrogen and oxygen atoms in total. The average Bonchev–Trinajstić information content (AvgIpc) is 3.01. The van der Waals surface area contributed by atoms with Crippen LogP contribution in [0.5, 0.6) is 0 Å². The van der Waals surface area contributed by atoms with E-state index < -0.39 is 77.1 Å². The number of nitrogens with zero attached hydrogens (tertiary/aromatic N) is 1. The van der Waals surface area contributed by atoms with Crippen LogP contribution in [0.3, 0.4) is 0 Å². The van der Waals surface area contributed by atoms with Crippen LogP contribution in [-0.2, 0) is 33.3 Å². The third-order valence-corrected chi connectivity index (χ3v) is 8.73. The lowest BCUT2D eigenvalue weighted by atomic mass is 10.0. The molecule has 0 radical (unpaired) electrons. The number of aliphatic hydroxyl groups excluding tert-OH is 1. The molecular formula is C35H45N3O10S. The number of benzene rings is 2. The maximum Gasteiger partial charge on any atom is 0.510 e. The van der Waals surface area contributed by atoms with E-state index in [9.17, 15) is 29.1 Å². The Morgan fingerprint density at radius 3 is 2.04 bits per heavy atom. The standard InChI is InChI=1S/C35H45N3O10S/c1-34(2,3)47-32(43)36-23(31(42)45-27(21-14-9-7-10-15-21)22-16-11-8-12-17-22)18-13-19-25(40)37-26-28(41)38-29(24(39)20-49-30(26)38)46-33(44)48-35(4,5)6/h7-12,14-17,23-24,26-27,29-30,39H,13,18-20H2,1-6H3,(H,36,43)(H,37,40)/t23?,24?,26-,29?,30+/m1/s1. The van der Waals surface area contributed by atoms with Gasteiger partial charge >= 0.3 is 18.2 Å². The molecule has 3 N–H and O–H groups in total. The van der Waals surface area contributed by atoms with Crippen molar-refractivity contribution in [3.8, 4) is 0 Å². The lowest BCUT2D eigenvalue weighted by Crippen LogP contribution is -2.76. The number of alkyl carbamates (subject to hydrolysis) is 1. The van der Waals surface area contributed by atoms with E-state index in [0.717, 1.165) is 11.1 Å². The number of hydrogen-bond acceptors (Lipinski definition) is 11. The normalized spacial score (nSPS) is 21.1. The van der Waals surface area contributed by atoms with Gasteiger partial charge in [0.2, 0.25) is 12.1 Å². The molecule has 4 rings (SSSR count). The Hall–Kier alpha value is -4.30. The van der Waals surface area contributed by atoms with E-state index in [4.69, 9.17) is 18.9 Å². The van der Waals surface area contributed by atoms with E-state index in [1.807, 2.05) is 60.7 Å². The molecule has 2 aliphatic heterocycles. The molecule has 49 heavy (non-hydrogen) atoms. The summed E-state index contributed by atoms with van der Waals surface area (Å²) in [6, 6.07) is 16.4. The predicted octanol–water partition coefficient (Wildman–Crippen LogP) is 4.42. The number of esters is 1. The molecule has 2 aromatic rings. The summed E-state index contributed by atoms with van der Waals surface area (Å²) in [5.74, 6) is -1.51. The number of rotatable bonds is 11. The number of aliphatic hydroxyl groups is 1. The summed E-state index contributed by atoms with van der Waals surface area (Å²) in [4.78, 5) is 65.8. The summed E-state index contributed by atoms with van der Waals surface area (Å²) in [6.07, 6.45) is -4.82. The maximum absolute atomic E-state index is 13.6. The van der Waals surface area contributed by atoms with Gasteiger partial charge in [-0.1, -0.05) is 60.7 Å². The predicted molar refractivity (Wildman–Crippen MR) is 180 cm³/mol.